The molecular formula is C20H21N3O4S. The van der Waals surface area contributed by atoms with Crippen molar-refractivity contribution in [2.45, 2.75) is 20.0 Å². The van der Waals surface area contributed by atoms with E-state index >= 15 is 0 Å². The minimum Gasteiger partial charge on any atom is -0.479 e. The molecule has 146 valence electrons. The van der Waals surface area contributed by atoms with Crippen molar-refractivity contribution >= 4 is 46.5 Å². The largest absolute Gasteiger partial charge is 0.479 e. The molecule has 28 heavy (non-hydrogen) atoms. The van der Waals surface area contributed by atoms with Crippen LogP contribution in [0.4, 0.5) is 17.1 Å². The van der Waals surface area contributed by atoms with E-state index < -0.39 is 6.10 Å². The first kappa shape index (κ1) is 19.8. The van der Waals surface area contributed by atoms with Gasteiger partial charge in [-0.1, -0.05) is 17.7 Å². The van der Waals surface area contributed by atoms with Gasteiger partial charge in [0.2, 0.25) is 11.8 Å². The normalized spacial score (nSPS) is 15.1. The number of anilines is 3. The highest BCUT2D eigenvalue weighted by Crippen LogP contribution is 2.32. The zero-order valence-corrected chi connectivity index (χ0v) is 16.4. The van der Waals surface area contributed by atoms with Gasteiger partial charge in [-0.25, -0.2) is 0 Å². The number of nitrogens with one attached hydrogen (secondary N) is 3. The molecule has 2 aromatic rings. The monoisotopic (exact) mass is 399 g/mol. The van der Waals surface area contributed by atoms with Gasteiger partial charge in [-0.3, -0.25) is 14.4 Å². The summed E-state index contributed by atoms with van der Waals surface area (Å²) >= 11 is 1.22. The molecular weight excluding hydrogens is 378 g/mol. The summed E-state index contributed by atoms with van der Waals surface area (Å²) in [6, 6.07) is 12.6. The molecule has 1 aliphatic rings. The molecule has 7 nitrogen and oxygen atoms in total. The number of rotatable bonds is 6. The van der Waals surface area contributed by atoms with E-state index in [4.69, 9.17) is 4.74 Å². The number of amides is 3. The Morgan fingerprint density at radius 2 is 1.64 bits per heavy atom. The molecule has 0 fully saturated rings. The maximum Gasteiger partial charge on any atom is 0.265 e. The fourth-order valence-corrected chi connectivity index (χ4v) is 3.17. The van der Waals surface area contributed by atoms with Crippen LogP contribution in [-0.2, 0) is 14.4 Å². The number of aryl methyl sites for hydroxylation is 1. The fourth-order valence-electron chi connectivity index (χ4n) is 2.55. The Morgan fingerprint density at radius 3 is 2.32 bits per heavy atom. The number of benzene rings is 2. The summed E-state index contributed by atoms with van der Waals surface area (Å²) in [5.41, 5.74) is 2.91. The predicted octanol–water partition coefficient (Wildman–Crippen LogP) is 3.02. The van der Waals surface area contributed by atoms with Gasteiger partial charge in [0, 0.05) is 11.4 Å². The van der Waals surface area contributed by atoms with Crippen molar-refractivity contribution in [2.75, 3.05) is 27.5 Å². The van der Waals surface area contributed by atoms with Gasteiger partial charge in [0.25, 0.3) is 5.91 Å². The predicted molar refractivity (Wildman–Crippen MR) is 111 cm³/mol. The topological polar surface area (TPSA) is 96.5 Å². The minimum absolute atomic E-state index is 0.137. The molecule has 0 aromatic heterocycles. The average molecular weight is 399 g/mol. The molecule has 1 aliphatic heterocycles. The van der Waals surface area contributed by atoms with Gasteiger partial charge in [-0.15, -0.1) is 11.8 Å². The molecule has 2 aromatic carbocycles. The molecule has 3 amide bonds. The van der Waals surface area contributed by atoms with E-state index in [0.717, 1.165) is 11.3 Å². The van der Waals surface area contributed by atoms with Gasteiger partial charge in [0.05, 0.1) is 17.2 Å². The van der Waals surface area contributed by atoms with Crippen LogP contribution in [0.15, 0.2) is 42.5 Å². The summed E-state index contributed by atoms with van der Waals surface area (Å²) in [6.07, 6.45) is -0.546. The lowest BCUT2D eigenvalue weighted by atomic mass is 10.2. The summed E-state index contributed by atoms with van der Waals surface area (Å²) in [7, 11) is 0. The lowest BCUT2D eigenvalue weighted by molar-refractivity contribution is -0.122. The van der Waals surface area contributed by atoms with Gasteiger partial charge >= 0.3 is 0 Å². The van der Waals surface area contributed by atoms with E-state index in [2.05, 4.69) is 16.0 Å². The van der Waals surface area contributed by atoms with E-state index in [9.17, 15) is 14.4 Å². The zero-order chi connectivity index (χ0) is 20.1. The van der Waals surface area contributed by atoms with Gasteiger partial charge in [-0.2, -0.15) is 0 Å². The molecule has 0 saturated heterocycles. The van der Waals surface area contributed by atoms with Crippen molar-refractivity contribution < 1.29 is 19.1 Å². The molecule has 3 N–H and O–H groups in total. The summed E-state index contributed by atoms with van der Waals surface area (Å²) in [6.45, 7) is 3.64. The van der Waals surface area contributed by atoms with E-state index in [1.54, 1.807) is 25.1 Å². The average Bonchev–Trinajstić information content (AvgIpc) is 2.65. The third-order valence-corrected chi connectivity index (χ3v) is 4.93. The van der Waals surface area contributed by atoms with Gasteiger partial charge in [0.1, 0.15) is 5.75 Å². The smallest absolute Gasteiger partial charge is 0.265 e. The van der Waals surface area contributed by atoms with E-state index in [1.807, 2.05) is 31.2 Å². The molecule has 0 spiro atoms. The maximum atomic E-state index is 12.1. The Bertz CT molecular complexity index is 899. The third-order valence-electron chi connectivity index (χ3n) is 4.00. The second kappa shape index (κ2) is 8.79. The quantitative estimate of drug-likeness (QED) is 0.694. The first-order valence-electron chi connectivity index (χ1n) is 8.76. The van der Waals surface area contributed by atoms with Crippen molar-refractivity contribution in [3.8, 4) is 5.75 Å². The van der Waals surface area contributed by atoms with Crippen molar-refractivity contribution in [2.24, 2.45) is 0 Å². The van der Waals surface area contributed by atoms with E-state index in [1.165, 1.54) is 11.8 Å². The highest BCUT2D eigenvalue weighted by Gasteiger charge is 2.23. The Kier molecular flexibility index (Phi) is 6.20. The standard InChI is InChI=1S/C20H21N3O4S/c1-12-3-5-14(6-4-12)21-18(24)10-28-11-19(25)22-15-7-8-17-16(9-15)23-20(26)13(2)27-17/h3-9,13H,10-11H2,1-2H3,(H,21,24)(H,22,25)(H,23,26). The highest BCUT2D eigenvalue weighted by molar-refractivity contribution is 8.00. The number of fused-ring (bicyclic) bond motifs is 1. The molecule has 0 radical (unpaired) electrons. The SMILES string of the molecule is Cc1ccc(NC(=O)CSCC(=O)Nc2ccc3c(c2)NC(=O)C(C)O3)cc1. The van der Waals surface area contributed by atoms with E-state index in [-0.39, 0.29) is 29.2 Å². The van der Waals surface area contributed by atoms with Crippen LogP contribution >= 0.6 is 11.8 Å². The zero-order valence-electron chi connectivity index (χ0n) is 15.6. The minimum atomic E-state index is -0.546. The Balaban J connectivity index is 1.44. The highest BCUT2D eigenvalue weighted by atomic mass is 32.2. The number of carbonyl (C=O) groups is 3. The molecule has 3 rings (SSSR count). The molecule has 1 unspecified atom stereocenters. The van der Waals surface area contributed by atoms with Crippen molar-refractivity contribution in [1.29, 1.82) is 0 Å². The van der Waals surface area contributed by atoms with Crippen LogP contribution in [0.1, 0.15) is 12.5 Å². The molecule has 0 saturated carbocycles. The molecule has 0 aliphatic carbocycles. The second-order valence-corrected chi connectivity index (χ2v) is 7.40. The molecule has 1 atom stereocenters. The molecule has 1 heterocycles. The Hall–Kier alpha value is -3.00. The lowest BCUT2D eigenvalue weighted by Crippen LogP contribution is -2.34. The van der Waals surface area contributed by atoms with Crippen LogP contribution in [-0.4, -0.2) is 35.3 Å². The van der Waals surface area contributed by atoms with Crippen LogP contribution in [0.25, 0.3) is 0 Å². The Labute approximate surface area is 167 Å². The summed E-state index contributed by atoms with van der Waals surface area (Å²) in [5, 5.41) is 8.27. The van der Waals surface area contributed by atoms with Crippen molar-refractivity contribution in [3.63, 3.8) is 0 Å². The van der Waals surface area contributed by atoms with Crippen LogP contribution in [0.3, 0.4) is 0 Å². The number of carbonyl (C=O) groups excluding carboxylic acids is 3. The second-order valence-electron chi connectivity index (χ2n) is 6.42. The first-order valence-corrected chi connectivity index (χ1v) is 9.92. The lowest BCUT2D eigenvalue weighted by Gasteiger charge is -2.23. The van der Waals surface area contributed by atoms with Crippen molar-refractivity contribution in [1.82, 2.24) is 0 Å². The van der Waals surface area contributed by atoms with Crippen LogP contribution in [0.5, 0.6) is 5.75 Å². The van der Waals surface area contributed by atoms with Crippen LogP contribution < -0.4 is 20.7 Å². The number of thioether (sulfide) groups is 1. The van der Waals surface area contributed by atoms with Gasteiger partial charge in [-0.05, 0) is 44.2 Å². The molecule has 0 bridgehead atoms. The summed E-state index contributed by atoms with van der Waals surface area (Å²) in [5.74, 6) is 0.248. The van der Waals surface area contributed by atoms with Crippen LogP contribution in [0, 0.1) is 6.92 Å². The van der Waals surface area contributed by atoms with Gasteiger partial charge in [0.15, 0.2) is 6.10 Å². The fraction of sp³-hybridized carbons (Fsp3) is 0.250. The third kappa shape index (κ3) is 5.26. The maximum absolute atomic E-state index is 12.1. The summed E-state index contributed by atoms with van der Waals surface area (Å²) in [4.78, 5) is 35.7. The van der Waals surface area contributed by atoms with E-state index in [0.29, 0.717) is 17.1 Å². The summed E-state index contributed by atoms with van der Waals surface area (Å²) < 4.78 is 5.48. The van der Waals surface area contributed by atoms with Gasteiger partial charge < -0.3 is 20.7 Å². The van der Waals surface area contributed by atoms with Crippen molar-refractivity contribution in [3.05, 3.63) is 48.0 Å². The Morgan fingerprint density at radius 1 is 1.04 bits per heavy atom. The number of hydrogen-bond acceptors (Lipinski definition) is 5. The van der Waals surface area contributed by atoms with Crippen LogP contribution in [0.2, 0.25) is 0 Å². The number of hydrogen-bond donors (Lipinski definition) is 3. The first-order chi connectivity index (χ1) is 13.4. The number of ether oxygens (including phenoxy) is 1. The molecule has 8 heteroatoms.